The summed E-state index contributed by atoms with van der Waals surface area (Å²) < 4.78 is 5.92. The van der Waals surface area contributed by atoms with Crippen LogP contribution in [0.25, 0.3) is 0 Å². The molecule has 0 aliphatic rings. The van der Waals surface area contributed by atoms with Crippen molar-refractivity contribution in [1.29, 1.82) is 0 Å². The lowest BCUT2D eigenvalue weighted by atomic mass is 10.0. The standard InChI is InChI=1S/C53H101NO5/c1-4-7-10-13-16-19-22-24-25-26-27-29-30-32-35-38-41-44-49(59-53(58)46-43-40-37-34-21-18-15-12-9-6-3)47-52(57)54-50(48-55)51(56)45-42-39-36-33-31-28-23-20-17-14-11-8-5-2/h12,15,24-25,49-51,55-56H,4-11,13-14,16-23,26-48H2,1-3H3,(H,54,57)/b15-12-,25-24+. The third-order valence-corrected chi connectivity index (χ3v) is 12.0. The van der Waals surface area contributed by atoms with Crippen LogP contribution in [0.4, 0.5) is 0 Å². The molecule has 0 heterocycles. The minimum Gasteiger partial charge on any atom is -0.462 e. The first-order valence-electron chi connectivity index (χ1n) is 26.1. The number of ether oxygens (including phenoxy) is 1. The number of allylic oxidation sites excluding steroid dienone is 4. The lowest BCUT2D eigenvalue weighted by Gasteiger charge is -2.24. The number of hydrogen-bond acceptors (Lipinski definition) is 5. The predicted molar refractivity (Wildman–Crippen MR) is 255 cm³/mol. The van der Waals surface area contributed by atoms with Crippen molar-refractivity contribution in [3.05, 3.63) is 24.3 Å². The average molecular weight is 832 g/mol. The maximum atomic E-state index is 13.2. The first-order valence-corrected chi connectivity index (χ1v) is 26.1. The predicted octanol–water partition coefficient (Wildman–Crippen LogP) is 15.5. The van der Waals surface area contributed by atoms with E-state index in [0.29, 0.717) is 19.3 Å². The summed E-state index contributed by atoms with van der Waals surface area (Å²) in [6.45, 7) is 6.43. The van der Waals surface area contributed by atoms with E-state index in [2.05, 4.69) is 50.4 Å². The highest BCUT2D eigenvalue weighted by Crippen LogP contribution is 2.18. The molecule has 1 amide bonds. The third kappa shape index (κ3) is 42.8. The fourth-order valence-electron chi connectivity index (χ4n) is 8.02. The van der Waals surface area contributed by atoms with E-state index in [-0.39, 0.29) is 24.9 Å². The van der Waals surface area contributed by atoms with Crippen LogP contribution in [-0.4, -0.2) is 46.9 Å². The number of aliphatic hydroxyl groups is 2. The number of hydrogen-bond donors (Lipinski definition) is 3. The zero-order chi connectivity index (χ0) is 43.1. The van der Waals surface area contributed by atoms with Gasteiger partial charge >= 0.3 is 5.97 Å². The van der Waals surface area contributed by atoms with Crippen molar-refractivity contribution in [1.82, 2.24) is 5.32 Å². The number of rotatable bonds is 47. The molecule has 348 valence electrons. The molecule has 0 spiro atoms. The maximum Gasteiger partial charge on any atom is 0.306 e. The minimum atomic E-state index is -0.786. The van der Waals surface area contributed by atoms with E-state index in [1.807, 2.05) is 0 Å². The van der Waals surface area contributed by atoms with E-state index in [1.165, 1.54) is 167 Å². The van der Waals surface area contributed by atoms with Crippen LogP contribution in [-0.2, 0) is 14.3 Å². The maximum absolute atomic E-state index is 13.2. The molecular formula is C53H101NO5. The highest BCUT2D eigenvalue weighted by molar-refractivity contribution is 5.77. The fourth-order valence-corrected chi connectivity index (χ4v) is 8.02. The summed E-state index contributed by atoms with van der Waals surface area (Å²) in [4.78, 5) is 26.1. The van der Waals surface area contributed by atoms with Gasteiger partial charge in [-0.1, -0.05) is 218 Å². The molecule has 3 N–H and O–H groups in total. The molecule has 0 fully saturated rings. The van der Waals surface area contributed by atoms with Gasteiger partial charge in [0.15, 0.2) is 0 Å². The van der Waals surface area contributed by atoms with Crippen LogP contribution in [0.15, 0.2) is 24.3 Å². The molecule has 59 heavy (non-hydrogen) atoms. The van der Waals surface area contributed by atoms with Crippen molar-refractivity contribution in [2.24, 2.45) is 0 Å². The topological polar surface area (TPSA) is 95.9 Å². The summed E-state index contributed by atoms with van der Waals surface area (Å²) in [7, 11) is 0. The van der Waals surface area contributed by atoms with Crippen LogP contribution in [0.1, 0.15) is 278 Å². The van der Waals surface area contributed by atoms with Crippen LogP contribution in [0.3, 0.4) is 0 Å². The molecule has 0 aromatic rings. The van der Waals surface area contributed by atoms with Crippen LogP contribution in [0.5, 0.6) is 0 Å². The summed E-state index contributed by atoms with van der Waals surface area (Å²) in [6.07, 6.45) is 53.8. The first-order chi connectivity index (χ1) is 29.0. The molecule has 0 bridgehead atoms. The molecule has 0 saturated heterocycles. The van der Waals surface area contributed by atoms with Gasteiger partial charge in [0.25, 0.3) is 0 Å². The van der Waals surface area contributed by atoms with Gasteiger partial charge in [0.05, 0.1) is 25.2 Å². The Balaban J connectivity index is 4.53. The zero-order valence-electron chi connectivity index (χ0n) is 39.7. The molecule has 0 saturated carbocycles. The first kappa shape index (κ1) is 57.3. The molecule has 3 atom stereocenters. The molecular weight excluding hydrogens is 731 g/mol. The van der Waals surface area contributed by atoms with Gasteiger partial charge in [0.1, 0.15) is 6.10 Å². The summed E-state index contributed by atoms with van der Waals surface area (Å²) in [5.41, 5.74) is 0. The quantitative estimate of drug-likeness (QED) is 0.0322. The van der Waals surface area contributed by atoms with Crippen molar-refractivity contribution < 1.29 is 24.5 Å². The van der Waals surface area contributed by atoms with Crippen LogP contribution in [0.2, 0.25) is 0 Å². The summed E-state index contributed by atoms with van der Waals surface area (Å²) in [5.74, 6) is -0.479. The van der Waals surface area contributed by atoms with Crippen LogP contribution < -0.4 is 5.32 Å². The van der Waals surface area contributed by atoms with E-state index < -0.39 is 18.2 Å². The molecule has 0 radical (unpaired) electrons. The van der Waals surface area contributed by atoms with E-state index >= 15 is 0 Å². The van der Waals surface area contributed by atoms with E-state index in [1.54, 1.807) is 0 Å². The van der Waals surface area contributed by atoms with E-state index in [9.17, 15) is 19.8 Å². The number of carbonyl (C=O) groups is 2. The second-order valence-electron chi connectivity index (χ2n) is 17.9. The fraction of sp³-hybridized carbons (Fsp3) is 0.887. The van der Waals surface area contributed by atoms with Crippen molar-refractivity contribution in [3.8, 4) is 0 Å². The minimum absolute atomic E-state index is 0.0750. The summed E-state index contributed by atoms with van der Waals surface area (Å²) in [6, 6.07) is -0.700. The van der Waals surface area contributed by atoms with Crippen molar-refractivity contribution >= 4 is 11.9 Å². The normalized spacial score (nSPS) is 13.4. The van der Waals surface area contributed by atoms with Crippen molar-refractivity contribution in [2.45, 2.75) is 296 Å². The second-order valence-corrected chi connectivity index (χ2v) is 17.9. The Morgan fingerprint density at radius 2 is 0.847 bits per heavy atom. The van der Waals surface area contributed by atoms with Crippen LogP contribution in [0, 0.1) is 0 Å². The molecule has 0 aromatic heterocycles. The number of carbonyl (C=O) groups excluding carboxylic acids is 2. The SMILES string of the molecule is CCC/C=C\CCCCCCCC(=O)OC(CCCCCCCCC/C=C/CCCCCCCC)CC(=O)NC(CO)C(O)CCCCCCCCCCCCCCC. The lowest BCUT2D eigenvalue weighted by molar-refractivity contribution is -0.151. The number of unbranched alkanes of at least 4 members (excludes halogenated alkanes) is 31. The third-order valence-electron chi connectivity index (χ3n) is 12.0. The molecule has 6 nitrogen and oxygen atoms in total. The van der Waals surface area contributed by atoms with Gasteiger partial charge < -0.3 is 20.3 Å². The summed E-state index contributed by atoms with van der Waals surface area (Å²) >= 11 is 0. The van der Waals surface area contributed by atoms with Gasteiger partial charge in [-0.15, -0.1) is 0 Å². The highest BCUT2D eigenvalue weighted by atomic mass is 16.5. The molecule has 0 aliphatic heterocycles. The average Bonchev–Trinajstić information content (AvgIpc) is 3.23. The smallest absolute Gasteiger partial charge is 0.306 e. The Morgan fingerprint density at radius 3 is 1.27 bits per heavy atom. The monoisotopic (exact) mass is 832 g/mol. The largest absolute Gasteiger partial charge is 0.462 e. The van der Waals surface area contributed by atoms with Gasteiger partial charge in [-0.3, -0.25) is 9.59 Å². The number of amides is 1. The molecule has 0 rings (SSSR count). The van der Waals surface area contributed by atoms with Gasteiger partial charge in [-0.25, -0.2) is 0 Å². The Labute approximate surface area is 367 Å². The van der Waals surface area contributed by atoms with Gasteiger partial charge in [-0.05, 0) is 70.6 Å². The second kappa shape index (κ2) is 47.4. The Morgan fingerprint density at radius 1 is 0.475 bits per heavy atom. The van der Waals surface area contributed by atoms with Crippen molar-refractivity contribution in [2.75, 3.05) is 6.61 Å². The van der Waals surface area contributed by atoms with Gasteiger partial charge in [0.2, 0.25) is 5.91 Å². The Bertz CT molecular complexity index is 935. The Hall–Kier alpha value is -1.66. The van der Waals surface area contributed by atoms with Gasteiger partial charge in [0, 0.05) is 6.42 Å². The van der Waals surface area contributed by atoms with Gasteiger partial charge in [-0.2, -0.15) is 0 Å². The Kier molecular flexibility index (Phi) is 46.1. The number of esters is 1. The van der Waals surface area contributed by atoms with E-state index in [0.717, 1.165) is 64.2 Å². The van der Waals surface area contributed by atoms with Crippen LogP contribution >= 0.6 is 0 Å². The van der Waals surface area contributed by atoms with E-state index in [4.69, 9.17) is 4.74 Å². The highest BCUT2D eigenvalue weighted by Gasteiger charge is 2.24. The molecule has 0 aromatic carbocycles. The molecule has 0 aliphatic carbocycles. The number of aliphatic hydroxyl groups excluding tert-OH is 2. The molecule has 6 heteroatoms. The lowest BCUT2D eigenvalue weighted by Crippen LogP contribution is -2.46. The summed E-state index contributed by atoms with van der Waals surface area (Å²) in [5, 5.41) is 23.8. The molecule has 3 unspecified atom stereocenters. The number of nitrogens with one attached hydrogen (secondary N) is 1. The van der Waals surface area contributed by atoms with Crippen molar-refractivity contribution in [3.63, 3.8) is 0 Å². The zero-order valence-corrected chi connectivity index (χ0v) is 39.7.